The van der Waals surface area contributed by atoms with Crippen LogP contribution in [0.1, 0.15) is 25.3 Å². The van der Waals surface area contributed by atoms with Crippen molar-refractivity contribution in [3.05, 3.63) is 23.8 Å². The molecule has 2 rings (SSSR count). The third-order valence-electron chi connectivity index (χ3n) is 4.70. The minimum Gasteiger partial charge on any atom is -0.493 e. The van der Waals surface area contributed by atoms with Gasteiger partial charge in [-0.15, -0.1) is 0 Å². The van der Waals surface area contributed by atoms with Crippen LogP contribution in [0.4, 0.5) is 0 Å². The van der Waals surface area contributed by atoms with Gasteiger partial charge in [0.2, 0.25) is 0 Å². The molecule has 1 unspecified atom stereocenters. The second kappa shape index (κ2) is 11.0. The number of nitrogens with zero attached hydrogens (tertiary/aromatic N) is 3. The van der Waals surface area contributed by atoms with E-state index in [4.69, 9.17) is 14.7 Å². The molecule has 6 heteroatoms. The van der Waals surface area contributed by atoms with Gasteiger partial charge in [0.25, 0.3) is 0 Å². The number of nitrogens with one attached hydrogen (secondary N) is 1. The molecule has 1 aliphatic rings. The summed E-state index contributed by atoms with van der Waals surface area (Å²) in [5.41, 5.74) is 1.17. The molecule has 6 nitrogen and oxygen atoms in total. The van der Waals surface area contributed by atoms with Crippen LogP contribution in [-0.2, 0) is 6.54 Å². The molecular weight excluding hydrogens is 328 g/mol. The zero-order valence-corrected chi connectivity index (χ0v) is 16.3. The first-order chi connectivity index (χ1) is 12.6. The van der Waals surface area contributed by atoms with Gasteiger partial charge >= 0.3 is 0 Å². The molecular formula is C20H32N4O2. The largest absolute Gasteiger partial charge is 0.493 e. The normalized spacial score (nSPS) is 16.8. The molecule has 0 spiro atoms. The molecule has 1 atom stereocenters. The van der Waals surface area contributed by atoms with Gasteiger partial charge in [-0.25, -0.2) is 0 Å². The minimum absolute atomic E-state index is 0.431. The van der Waals surface area contributed by atoms with Crippen molar-refractivity contribution >= 4 is 0 Å². The third-order valence-corrected chi connectivity index (χ3v) is 4.70. The summed E-state index contributed by atoms with van der Waals surface area (Å²) in [4.78, 5) is 4.90. The van der Waals surface area contributed by atoms with Crippen molar-refractivity contribution in [1.29, 1.82) is 5.26 Å². The number of rotatable bonds is 10. The number of nitriles is 1. The molecule has 1 aromatic carbocycles. The van der Waals surface area contributed by atoms with Crippen LogP contribution in [0.5, 0.6) is 11.5 Å². The number of ether oxygens (including phenoxy) is 2. The summed E-state index contributed by atoms with van der Waals surface area (Å²) in [5, 5.41) is 12.2. The fraction of sp³-hybridized carbons (Fsp3) is 0.650. The summed E-state index contributed by atoms with van der Waals surface area (Å²) < 4.78 is 11.2. The van der Waals surface area contributed by atoms with Crippen LogP contribution < -0.4 is 14.8 Å². The Morgan fingerprint density at radius 3 is 2.69 bits per heavy atom. The van der Waals surface area contributed by atoms with Crippen LogP contribution >= 0.6 is 0 Å². The van der Waals surface area contributed by atoms with E-state index in [2.05, 4.69) is 41.2 Å². The van der Waals surface area contributed by atoms with Gasteiger partial charge in [-0.3, -0.25) is 4.90 Å². The SMILES string of the molecule is COc1ccc(CNC(C)CN2CCN(C)CC2)cc1OCCCC#N. The smallest absolute Gasteiger partial charge is 0.161 e. The maximum Gasteiger partial charge on any atom is 0.161 e. The predicted molar refractivity (Wildman–Crippen MR) is 104 cm³/mol. The Labute approximate surface area is 157 Å². The van der Waals surface area contributed by atoms with Gasteiger partial charge in [0.05, 0.1) is 19.8 Å². The summed E-state index contributed by atoms with van der Waals surface area (Å²) in [6.45, 7) is 9.23. The van der Waals surface area contributed by atoms with E-state index in [1.54, 1.807) is 7.11 Å². The molecule has 1 N–H and O–H groups in total. The van der Waals surface area contributed by atoms with Crippen LogP contribution in [0.3, 0.4) is 0 Å². The lowest BCUT2D eigenvalue weighted by atomic mass is 10.2. The third kappa shape index (κ3) is 6.83. The average Bonchev–Trinajstić information content (AvgIpc) is 2.65. The number of unbranched alkanes of at least 4 members (excludes halogenated alkanes) is 1. The van der Waals surface area contributed by atoms with E-state index in [1.165, 1.54) is 5.56 Å². The topological polar surface area (TPSA) is 60.8 Å². The molecule has 26 heavy (non-hydrogen) atoms. The van der Waals surface area contributed by atoms with Crippen LogP contribution in [-0.4, -0.2) is 69.3 Å². The van der Waals surface area contributed by atoms with Gasteiger partial charge in [-0.1, -0.05) is 6.07 Å². The highest BCUT2D eigenvalue weighted by molar-refractivity contribution is 5.43. The highest BCUT2D eigenvalue weighted by Crippen LogP contribution is 2.28. The second-order valence-electron chi connectivity index (χ2n) is 6.98. The summed E-state index contributed by atoms with van der Waals surface area (Å²) in [6.07, 6.45) is 1.23. The number of hydrogen-bond acceptors (Lipinski definition) is 6. The first-order valence-electron chi connectivity index (χ1n) is 9.43. The summed E-state index contributed by atoms with van der Waals surface area (Å²) >= 11 is 0. The lowest BCUT2D eigenvalue weighted by Crippen LogP contribution is -2.48. The van der Waals surface area contributed by atoms with E-state index in [-0.39, 0.29) is 0 Å². The Morgan fingerprint density at radius 2 is 2.00 bits per heavy atom. The molecule has 1 heterocycles. The van der Waals surface area contributed by atoms with Crippen molar-refractivity contribution in [2.75, 3.05) is 53.5 Å². The average molecular weight is 361 g/mol. The maximum absolute atomic E-state index is 8.62. The molecule has 0 amide bonds. The molecule has 1 fully saturated rings. The van der Waals surface area contributed by atoms with Crippen molar-refractivity contribution in [2.24, 2.45) is 0 Å². The van der Waals surface area contributed by atoms with E-state index < -0.39 is 0 Å². The van der Waals surface area contributed by atoms with Gasteiger partial charge in [-0.05, 0) is 38.1 Å². The lowest BCUT2D eigenvalue weighted by molar-refractivity contribution is 0.144. The molecule has 1 saturated heterocycles. The fourth-order valence-corrected chi connectivity index (χ4v) is 3.05. The Kier molecular flexibility index (Phi) is 8.69. The molecule has 1 aliphatic heterocycles. The van der Waals surface area contributed by atoms with Crippen molar-refractivity contribution in [3.8, 4) is 17.6 Å². The lowest BCUT2D eigenvalue weighted by Gasteiger charge is -2.34. The van der Waals surface area contributed by atoms with Crippen LogP contribution in [0, 0.1) is 11.3 Å². The van der Waals surface area contributed by atoms with E-state index in [0.29, 0.717) is 19.1 Å². The van der Waals surface area contributed by atoms with Crippen molar-refractivity contribution in [2.45, 2.75) is 32.4 Å². The number of methoxy groups -OCH3 is 1. The maximum atomic E-state index is 8.62. The standard InChI is InChI=1S/C20H32N4O2/c1-17(16-24-11-9-23(2)10-12-24)22-15-18-6-7-19(25-3)20(14-18)26-13-5-4-8-21/h6-7,14,17,22H,4-5,9-13,15-16H2,1-3H3. The molecule has 0 aromatic heterocycles. The minimum atomic E-state index is 0.431. The predicted octanol–water partition coefficient (Wildman–Crippen LogP) is 2.10. The van der Waals surface area contributed by atoms with Crippen molar-refractivity contribution < 1.29 is 9.47 Å². The second-order valence-corrected chi connectivity index (χ2v) is 6.98. The van der Waals surface area contributed by atoms with Gasteiger partial charge in [0.1, 0.15) is 0 Å². The summed E-state index contributed by atoms with van der Waals surface area (Å²) in [5.74, 6) is 1.48. The Balaban J connectivity index is 1.81. The number of likely N-dealkylation sites (N-methyl/N-ethyl adjacent to an activating group) is 1. The number of hydrogen-bond donors (Lipinski definition) is 1. The molecule has 0 bridgehead atoms. The van der Waals surface area contributed by atoms with Gasteiger partial charge in [0, 0.05) is 51.7 Å². The van der Waals surface area contributed by atoms with Gasteiger partial charge in [-0.2, -0.15) is 5.26 Å². The zero-order chi connectivity index (χ0) is 18.8. The zero-order valence-electron chi connectivity index (χ0n) is 16.3. The highest BCUT2D eigenvalue weighted by atomic mass is 16.5. The molecule has 0 aliphatic carbocycles. The molecule has 0 saturated carbocycles. The quantitative estimate of drug-likeness (QED) is 0.645. The highest BCUT2D eigenvalue weighted by Gasteiger charge is 2.16. The van der Waals surface area contributed by atoms with Crippen LogP contribution in [0.25, 0.3) is 0 Å². The van der Waals surface area contributed by atoms with Gasteiger partial charge < -0.3 is 19.7 Å². The van der Waals surface area contributed by atoms with E-state index >= 15 is 0 Å². The monoisotopic (exact) mass is 360 g/mol. The summed E-state index contributed by atoms with van der Waals surface area (Å²) in [7, 11) is 3.83. The first kappa shape index (κ1) is 20.5. The van der Waals surface area contributed by atoms with E-state index in [1.807, 2.05) is 12.1 Å². The first-order valence-corrected chi connectivity index (χ1v) is 9.43. The van der Waals surface area contributed by atoms with Crippen molar-refractivity contribution in [1.82, 2.24) is 15.1 Å². The van der Waals surface area contributed by atoms with Crippen LogP contribution in [0.2, 0.25) is 0 Å². The molecule has 144 valence electrons. The molecule has 0 radical (unpaired) electrons. The number of piperazine rings is 1. The van der Waals surface area contributed by atoms with Gasteiger partial charge in [0.15, 0.2) is 11.5 Å². The van der Waals surface area contributed by atoms with E-state index in [9.17, 15) is 0 Å². The number of benzene rings is 1. The van der Waals surface area contributed by atoms with Crippen molar-refractivity contribution in [3.63, 3.8) is 0 Å². The fourth-order valence-electron chi connectivity index (χ4n) is 3.05. The summed E-state index contributed by atoms with van der Waals surface area (Å²) in [6, 6.07) is 8.61. The Hall–Kier alpha value is -1.81. The van der Waals surface area contributed by atoms with E-state index in [0.717, 1.165) is 57.2 Å². The Bertz CT molecular complexity index is 580. The van der Waals surface area contributed by atoms with Crippen LogP contribution in [0.15, 0.2) is 18.2 Å². The Morgan fingerprint density at radius 1 is 1.23 bits per heavy atom. The molecule has 1 aromatic rings.